The standard InChI is InChI=1S/C16H22N4O2S2/c1-13-14(23-12-18-13)11-19(2)16-15(7-6-8-17-16)24(21,22)20-9-4-3-5-10-20/h6-8,12H,3-5,9-11H2,1-2H3. The quantitative estimate of drug-likeness (QED) is 0.814. The first kappa shape index (κ1) is 17.3. The third-order valence-electron chi connectivity index (χ3n) is 4.27. The van der Waals surface area contributed by atoms with E-state index in [1.54, 1.807) is 34.0 Å². The number of piperidine rings is 1. The van der Waals surface area contributed by atoms with Gasteiger partial charge in [0.25, 0.3) is 0 Å². The zero-order chi connectivity index (χ0) is 17.2. The van der Waals surface area contributed by atoms with E-state index < -0.39 is 10.0 Å². The Morgan fingerprint density at radius 1 is 1.25 bits per heavy atom. The van der Waals surface area contributed by atoms with Gasteiger partial charge in [0, 0.05) is 31.2 Å². The number of aryl methyl sites for hydroxylation is 1. The van der Waals surface area contributed by atoms with Gasteiger partial charge in [0.2, 0.25) is 10.0 Å². The Kier molecular flexibility index (Phi) is 5.17. The second kappa shape index (κ2) is 7.16. The Labute approximate surface area is 147 Å². The molecule has 24 heavy (non-hydrogen) atoms. The number of pyridine rings is 1. The summed E-state index contributed by atoms with van der Waals surface area (Å²) in [4.78, 5) is 11.9. The molecule has 130 valence electrons. The highest BCUT2D eigenvalue weighted by atomic mass is 32.2. The first-order valence-electron chi connectivity index (χ1n) is 8.05. The van der Waals surface area contributed by atoms with Crippen LogP contribution in [0.25, 0.3) is 0 Å². The van der Waals surface area contributed by atoms with Crippen LogP contribution >= 0.6 is 11.3 Å². The van der Waals surface area contributed by atoms with Gasteiger partial charge in [-0.05, 0) is 31.9 Å². The molecule has 0 unspecified atom stereocenters. The van der Waals surface area contributed by atoms with Crippen molar-refractivity contribution in [1.29, 1.82) is 0 Å². The molecular formula is C16H22N4O2S2. The van der Waals surface area contributed by atoms with E-state index in [2.05, 4.69) is 9.97 Å². The molecule has 8 heteroatoms. The zero-order valence-corrected chi connectivity index (χ0v) is 15.6. The number of thiazole rings is 1. The van der Waals surface area contributed by atoms with Crippen molar-refractivity contribution in [2.45, 2.75) is 37.6 Å². The van der Waals surface area contributed by atoms with Crippen molar-refractivity contribution in [2.75, 3.05) is 25.0 Å². The van der Waals surface area contributed by atoms with E-state index in [4.69, 9.17) is 0 Å². The van der Waals surface area contributed by atoms with Crippen LogP contribution in [0.3, 0.4) is 0 Å². The molecule has 6 nitrogen and oxygen atoms in total. The Balaban J connectivity index is 1.91. The average Bonchev–Trinajstić information content (AvgIpc) is 3.00. The molecule has 0 atom stereocenters. The van der Waals surface area contributed by atoms with E-state index in [9.17, 15) is 8.42 Å². The SMILES string of the molecule is Cc1ncsc1CN(C)c1ncccc1S(=O)(=O)N1CCCCC1. The summed E-state index contributed by atoms with van der Waals surface area (Å²) in [5.74, 6) is 0.496. The molecule has 2 aromatic heterocycles. The highest BCUT2D eigenvalue weighted by Gasteiger charge is 2.29. The average molecular weight is 367 g/mol. The largest absolute Gasteiger partial charge is 0.353 e. The van der Waals surface area contributed by atoms with E-state index in [1.807, 2.05) is 24.4 Å². The number of hydrogen-bond donors (Lipinski definition) is 0. The first-order chi connectivity index (χ1) is 11.5. The van der Waals surface area contributed by atoms with Crippen molar-refractivity contribution < 1.29 is 8.42 Å². The van der Waals surface area contributed by atoms with Crippen LogP contribution in [0, 0.1) is 6.92 Å². The topological polar surface area (TPSA) is 66.4 Å². The maximum atomic E-state index is 13.0. The molecule has 2 aromatic rings. The molecule has 3 heterocycles. The van der Waals surface area contributed by atoms with Gasteiger partial charge < -0.3 is 4.90 Å². The minimum atomic E-state index is -3.51. The molecule has 0 aliphatic carbocycles. The summed E-state index contributed by atoms with van der Waals surface area (Å²) in [5.41, 5.74) is 2.78. The Bertz CT molecular complexity index is 798. The number of sulfonamides is 1. The molecule has 1 saturated heterocycles. The fourth-order valence-electron chi connectivity index (χ4n) is 2.88. The summed E-state index contributed by atoms with van der Waals surface area (Å²) in [6.45, 7) is 3.74. The van der Waals surface area contributed by atoms with E-state index in [1.165, 1.54) is 0 Å². The van der Waals surface area contributed by atoms with Crippen molar-refractivity contribution in [3.05, 3.63) is 34.4 Å². The van der Waals surface area contributed by atoms with Gasteiger partial charge in [0.15, 0.2) is 0 Å². The Hall–Kier alpha value is -1.51. The normalized spacial score (nSPS) is 16.2. The van der Waals surface area contributed by atoms with E-state index in [0.29, 0.717) is 25.5 Å². The van der Waals surface area contributed by atoms with Gasteiger partial charge in [-0.1, -0.05) is 6.42 Å². The summed E-state index contributed by atoms with van der Waals surface area (Å²) in [5, 5.41) is 0. The lowest BCUT2D eigenvalue weighted by Gasteiger charge is -2.28. The van der Waals surface area contributed by atoms with Crippen LogP contribution in [0.1, 0.15) is 29.8 Å². The summed E-state index contributed by atoms with van der Waals surface area (Å²) < 4.78 is 27.6. The summed E-state index contributed by atoms with van der Waals surface area (Å²) in [7, 11) is -1.64. The molecular weight excluding hydrogens is 344 g/mol. The van der Waals surface area contributed by atoms with Gasteiger partial charge in [-0.3, -0.25) is 0 Å². The molecule has 0 saturated carbocycles. The molecule has 0 bridgehead atoms. The molecule has 1 aliphatic rings. The van der Waals surface area contributed by atoms with Gasteiger partial charge in [-0.2, -0.15) is 4.31 Å². The maximum absolute atomic E-state index is 13.0. The number of nitrogens with zero attached hydrogens (tertiary/aromatic N) is 4. The molecule has 0 amide bonds. The summed E-state index contributed by atoms with van der Waals surface area (Å²) >= 11 is 1.57. The van der Waals surface area contributed by atoms with Crippen LogP contribution in [0.4, 0.5) is 5.82 Å². The summed E-state index contributed by atoms with van der Waals surface area (Å²) in [6, 6.07) is 3.34. The molecule has 0 radical (unpaired) electrons. The van der Waals surface area contributed by atoms with Gasteiger partial charge in [0.05, 0.1) is 17.7 Å². The third kappa shape index (κ3) is 3.45. The predicted molar refractivity (Wildman–Crippen MR) is 95.8 cm³/mol. The second-order valence-electron chi connectivity index (χ2n) is 6.01. The minimum Gasteiger partial charge on any atom is -0.353 e. The van der Waals surface area contributed by atoms with Gasteiger partial charge in [-0.25, -0.2) is 18.4 Å². The van der Waals surface area contributed by atoms with Crippen LogP contribution in [0.5, 0.6) is 0 Å². The highest BCUT2D eigenvalue weighted by Crippen LogP contribution is 2.28. The number of aromatic nitrogens is 2. The van der Waals surface area contributed by atoms with Crippen molar-refractivity contribution in [1.82, 2.24) is 14.3 Å². The fourth-order valence-corrected chi connectivity index (χ4v) is 5.42. The lowest BCUT2D eigenvalue weighted by Crippen LogP contribution is -2.36. The first-order valence-corrected chi connectivity index (χ1v) is 10.4. The smallest absolute Gasteiger partial charge is 0.246 e. The van der Waals surface area contributed by atoms with Crippen LogP contribution in [-0.4, -0.2) is 42.8 Å². The summed E-state index contributed by atoms with van der Waals surface area (Å²) in [6.07, 6.45) is 4.58. The van der Waals surface area contributed by atoms with Crippen LogP contribution in [0.2, 0.25) is 0 Å². The van der Waals surface area contributed by atoms with E-state index >= 15 is 0 Å². The molecule has 3 rings (SSSR count). The lowest BCUT2D eigenvalue weighted by molar-refractivity contribution is 0.346. The van der Waals surface area contributed by atoms with Gasteiger partial charge in [0.1, 0.15) is 10.7 Å². The Morgan fingerprint density at radius 2 is 2.00 bits per heavy atom. The molecule has 1 aliphatic heterocycles. The van der Waals surface area contributed by atoms with E-state index in [0.717, 1.165) is 29.8 Å². The van der Waals surface area contributed by atoms with Crippen LogP contribution in [0.15, 0.2) is 28.7 Å². The predicted octanol–water partition coefficient (Wildman–Crippen LogP) is 2.66. The fraction of sp³-hybridized carbons (Fsp3) is 0.500. The van der Waals surface area contributed by atoms with Gasteiger partial charge in [-0.15, -0.1) is 11.3 Å². The third-order valence-corrected chi connectivity index (χ3v) is 7.11. The monoisotopic (exact) mass is 366 g/mol. The highest BCUT2D eigenvalue weighted by molar-refractivity contribution is 7.89. The lowest BCUT2D eigenvalue weighted by atomic mass is 10.2. The van der Waals surface area contributed by atoms with E-state index in [-0.39, 0.29) is 4.90 Å². The molecule has 0 N–H and O–H groups in total. The number of rotatable bonds is 5. The maximum Gasteiger partial charge on any atom is 0.246 e. The van der Waals surface area contributed by atoms with Crippen LogP contribution < -0.4 is 4.90 Å². The zero-order valence-electron chi connectivity index (χ0n) is 14.0. The molecule has 0 spiro atoms. The van der Waals surface area contributed by atoms with Crippen LogP contribution in [-0.2, 0) is 16.6 Å². The molecule has 1 fully saturated rings. The van der Waals surface area contributed by atoms with Crippen molar-refractivity contribution in [3.8, 4) is 0 Å². The second-order valence-corrected chi connectivity index (χ2v) is 8.85. The van der Waals surface area contributed by atoms with Gasteiger partial charge >= 0.3 is 0 Å². The Morgan fingerprint density at radius 3 is 2.67 bits per heavy atom. The van der Waals surface area contributed by atoms with Crippen molar-refractivity contribution >= 4 is 27.2 Å². The number of hydrogen-bond acceptors (Lipinski definition) is 6. The number of anilines is 1. The van der Waals surface area contributed by atoms with Crippen molar-refractivity contribution in [3.63, 3.8) is 0 Å². The van der Waals surface area contributed by atoms with Crippen molar-refractivity contribution in [2.24, 2.45) is 0 Å². The minimum absolute atomic E-state index is 0.288. The molecule has 0 aromatic carbocycles.